The quantitative estimate of drug-likeness (QED) is 0.723. The summed E-state index contributed by atoms with van der Waals surface area (Å²) in [5, 5.41) is 8.87. The van der Waals surface area contributed by atoms with Crippen LogP contribution in [-0.4, -0.2) is 21.8 Å². The Labute approximate surface area is 92.6 Å². The third-order valence-electron chi connectivity index (χ3n) is 2.62. The number of carboxylic acid groups (broad SMARTS) is 1. The maximum atomic E-state index is 11.9. The van der Waals surface area contributed by atoms with Crippen molar-refractivity contribution in [2.45, 2.75) is 20.3 Å². The zero-order valence-electron chi connectivity index (χ0n) is 9.07. The van der Waals surface area contributed by atoms with E-state index in [0.717, 1.165) is 11.3 Å². The molecule has 0 saturated carbocycles. The fraction of sp³-hybridized carbons (Fsp3) is 0.250. The monoisotopic (exact) mass is 217 g/mol. The third kappa shape index (κ3) is 1.52. The molecule has 2 rings (SSSR count). The van der Waals surface area contributed by atoms with Crippen molar-refractivity contribution in [3.05, 3.63) is 40.2 Å². The number of pyridine rings is 1. The van der Waals surface area contributed by atoms with Crippen LogP contribution in [0, 0.1) is 13.8 Å². The van der Waals surface area contributed by atoms with Gasteiger partial charge in [0.05, 0.1) is 5.69 Å². The molecular weight excluding hydrogens is 206 g/mol. The molecule has 0 aromatic carbocycles. The smallest absolute Gasteiger partial charge is 0.339 e. The number of aromatic nitrogens is 1. The summed E-state index contributed by atoms with van der Waals surface area (Å²) in [6.07, 6.45) is 1.84. The van der Waals surface area contributed by atoms with Gasteiger partial charge in [-0.05, 0) is 25.5 Å². The van der Waals surface area contributed by atoms with Crippen molar-refractivity contribution in [1.82, 2.24) is 4.98 Å². The molecule has 1 aromatic heterocycles. The van der Waals surface area contributed by atoms with Gasteiger partial charge in [0.1, 0.15) is 5.57 Å². The highest BCUT2D eigenvalue weighted by Crippen LogP contribution is 2.23. The number of aryl methyl sites for hydroxylation is 2. The Morgan fingerprint density at radius 1 is 1.44 bits per heavy atom. The number of allylic oxidation sites excluding steroid dienone is 1. The summed E-state index contributed by atoms with van der Waals surface area (Å²) in [5.74, 6) is -1.60. The normalized spacial score (nSPS) is 14.4. The van der Waals surface area contributed by atoms with Gasteiger partial charge in [0.15, 0.2) is 0 Å². The summed E-state index contributed by atoms with van der Waals surface area (Å²) in [6, 6.07) is 1.79. The summed E-state index contributed by atoms with van der Waals surface area (Å²) >= 11 is 0. The van der Waals surface area contributed by atoms with E-state index >= 15 is 0 Å². The molecule has 0 fully saturated rings. The molecule has 1 aromatic rings. The van der Waals surface area contributed by atoms with Crippen LogP contribution in [0.1, 0.15) is 27.3 Å². The van der Waals surface area contributed by atoms with E-state index in [-0.39, 0.29) is 5.57 Å². The van der Waals surface area contributed by atoms with E-state index in [1.54, 1.807) is 13.0 Å². The molecule has 1 aliphatic rings. The molecular formula is C12H11NO3. The number of carboxylic acids is 1. The van der Waals surface area contributed by atoms with Crippen LogP contribution in [0.3, 0.4) is 0 Å². The van der Waals surface area contributed by atoms with Crippen LogP contribution in [0.4, 0.5) is 0 Å². The van der Waals surface area contributed by atoms with Crippen LogP contribution in [0.15, 0.2) is 17.7 Å². The Morgan fingerprint density at radius 3 is 2.75 bits per heavy atom. The SMILES string of the molecule is Cc1cc(C)c2c(n1)CC=C(C(=O)O)C2=O. The van der Waals surface area contributed by atoms with E-state index in [1.807, 2.05) is 6.92 Å². The number of carbonyl (C=O) groups is 2. The summed E-state index contributed by atoms with van der Waals surface area (Å²) in [6.45, 7) is 3.66. The fourth-order valence-corrected chi connectivity index (χ4v) is 1.98. The molecule has 0 amide bonds. The second-order valence-corrected chi connectivity index (χ2v) is 3.86. The van der Waals surface area contributed by atoms with Gasteiger partial charge >= 0.3 is 5.97 Å². The minimum atomic E-state index is -1.17. The number of ketones is 1. The van der Waals surface area contributed by atoms with Gasteiger partial charge < -0.3 is 5.11 Å². The Bertz CT molecular complexity index is 529. The molecule has 0 bridgehead atoms. The molecule has 4 heteroatoms. The van der Waals surface area contributed by atoms with Gasteiger partial charge in [0, 0.05) is 17.7 Å². The molecule has 0 spiro atoms. The highest BCUT2D eigenvalue weighted by Gasteiger charge is 2.27. The lowest BCUT2D eigenvalue weighted by Crippen LogP contribution is -2.21. The van der Waals surface area contributed by atoms with E-state index in [4.69, 9.17) is 5.11 Å². The van der Waals surface area contributed by atoms with Gasteiger partial charge in [-0.1, -0.05) is 6.08 Å². The van der Waals surface area contributed by atoms with Crippen LogP contribution in [0.25, 0.3) is 0 Å². The van der Waals surface area contributed by atoms with Crippen molar-refractivity contribution < 1.29 is 14.7 Å². The number of hydrogen-bond donors (Lipinski definition) is 1. The van der Waals surface area contributed by atoms with Crippen molar-refractivity contribution >= 4 is 11.8 Å². The van der Waals surface area contributed by atoms with Gasteiger partial charge in [-0.25, -0.2) is 4.79 Å². The first-order valence-corrected chi connectivity index (χ1v) is 4.96. The van der Waals surface area contributed by atoms with Crippen molar-refractivity contribution in [3.8, 4) is 0 Å². The van der Waals surface area contributed by atoms with E-state index in [9.17, 15) is 9.59 Å². The van der Waals surface area contributed by atoms with Gasteiger partial charge in [0.25, 0.3) is 0 Å². The zero-order valence-corrected chi connectivity index (χ0v) is 9.07. The van der Waals surface area contributed by atoms with Crippen LogP contribution in [0.5, 0.6) is 0 Å². The second kappa shape index (κ2) is 3.56. The van der Waals surface area contributed by atoms with Crippen molar-refractivity contribution in [1.29, 1.82) is 0 Å². The number of fused-ring (bicyclic) bond motifs is 1. The lowest BCUT2D eigenvalue weighted by molar-refractivity contribution is -0.132. The van der Waals surface area contributed by atoms with Crippen LogP contribution < -0.4 is 0 Å². The second-order valence-electron chi connectivity index (χ2n) is 3.86. The summed E-state index contributed by atoms with van der Waals surface area (Å²) in [5.41, 5.74) is 2.61. The first-order chi connectivity index (χ1) is 7.50. The minimum Gasteiger partial charge on any atom is -0.478 e. The number of Topliss-reactive ketones (excluding diaryl/α,β-unsaturated/α-hetero) is 1. The number of rotatable bonds is 1. The molecule has 0 saturated heterocycles. The largest absolute Gasteiger partial charge is 0.478 e. The van der Waals surface area contributed by atoms with Crippen LogP contribution >= 0.6 is 0 Å². The Balaban J connectivity index is 2.59. The summed E-state index contributed by atoms with van der Waals surface area (Å²) < 4.78 is 0. The molecule has 1 N–H and O–H groups in total. The topological polar surface area (TPSA) is 67.3 Å². The highest BCUT2D eigenvalue weighted by atomic mass is 16.4. The van der Waals surface area contributed by atoms with E-state index in [0.29, 0.717) is 17.7 Å². The lowest BCUT2D eigenvalue weighted by atomic mass is 9.90. The molecule has 0 unspecified atom stereocenters. The first kappa shape index (κ1) is 10.5. The van der Waals surface area contributed by atoms with Crippen molar-refractivity contribution in [2.75, 3.05) is 0 Å². The average molecular weight is 217 g/mol. The summed E-state index contributed by atoms with van der Waals surface area (Å²) in [4.78, 5) is 27.0. The summed E-state index contributed by atoms with van der Waals surface area (Å²) in [7, 11) is 0. The fourth-order valence-electron chi connectivity index (χ4n) is 1.98. The predicted octanol–water partition coefficient (Wildman–Crippen LogP) is 1.45. The molecule has 1 aliphatic carbocycles. The van der Waals surface area contributed by atoms with Gasteiger partial charge in [-0.2, -0.15) is 0 Å². The minimum absolute atomic E-state index is 0.152. The maximum absolute atomic E-state index is 11.9. The van der Waals surface area contributed by atoms with Crippen LogP contribution in [0.2, 0.25) is 0 Å². The lowest BCUT2D eigenvalue weighted by Gasteiger charge is -2.15. The molecule has 0 aliphatic heterocycles. The molecule has 1 heterocycles. The standard InChI is InChI=1S/C12H11NO3/c1-6-5-7(2)13-9-4-3-8(12(15)16)11(14)10(6)9/h3,5H,4H2,1-2H3,(H,15,16). The number of hydrogen-bond acceptors (Lipinski definition) is 3. The van der Waals surface area contributed by atoms with Gasteiger partial charge in [0.2, 0.25) is 5.78 Å². The molecule has 16 heavy (non-hydrogen) atoms. The molecule has 82 valence electrons. The average Bonchev–Trinajstić information content (AvgIpc) is 2.15. The Kier molecular flexibility index (Phi) is 2.34. The molecule has 4 nitrogen and oxygen atoms in total. The maximum Gasteiger partial charge on any atom is 0.339 e. The number of carbonyl (C=O) groups excluding carboxylic acids is 1. The molecule has 0 radical (unpaired) electrons. The third-order valence-corrected chi connectivity index (χ3v) is 2.62. The number of aliphatic carboxylic acids is 1. The van der Waals surface area contributed by atoms with Crippen molar-refractivity contribution in [2.24, 2.45) is 0 Å². The van der Waals surface area contributed by atoms with Crippen molar-refractivity contribution in [3.63, 3.8) is 0 Å². The predicted molar refractivity (Wildman–Crippen MR) is 57.5 cm³/mol. The Morgan fingerprint density at radius 2 is 2.12 bits per heavy atom. The van der Waals surface area contributed by atoms with Gasteiger partial charge in [-0.3, -0.25) is 9.78 Å². The van der Waals surface area contributed by atoms with E-state index < -0.39 is 11.8 Å². The van der Waals surface area contributed by atoms with Gasteiger partial charge in [-0.15, -0.1) is 0 Å². The zero-order chi connectivity index (χ0) is 11.9. The van der Waals surface area contributed by atoms with E-state index in [1.165, 1.54) is 6.08 Å². The Hall–Kier alpha value is -1.97. The first-order valence-electron chi connectivity index (χ1n) is 4.96. The molecule has 0 atom stereocenters. The highest BCUT2D eigenvalue weighted by molar-refractivity contribution is 6.25. The van der Waals surface area contributed by atoms with Crippen LogP contribution in [-0.2, 0) is 11.2 Å². The van der Waals surface area contributed by atoms with E-state index in [2.05, 4.69) is 4.98 Å². The number of nitrogens with zero attached hydrogens (tertiary/aromatic N) is 1.